The van der Waals surface area contributed by atoms with E-state index in [1.54, 1.807) is 7.11 Å². The van der Waals surface area contributed by atoms with Crippen molar-refractivity contribution in [3.8, 4) is 5.75 Å². The Kier molecular flexibility index (Phi) is 2.91. The van der Waals surface area contributed by atoms with Gasteiger partial charge in [-0.15, -0.1) is 0 Å². The van der Waals surface area contributed by atoms with Gasteiger partial charge in [-0.25, -0.2) is 0 Å². The molecule has 2 N–H and O–H groups in total. The fourth-order valence-corrected chi connectivity index (χ4v) is 2.60. The van der Waals surface area contributed by atoms with Crippen molar-refractivity contribution in [2.75, 3.05) is 20.2 Å². The monoisotopic (exact) mass is 259 g/mol. The van der Waals surface area contributed by atoms with E-state index in [-0.39, 0.29) is 11.9 Å². The minimum Gasteiger partial charge on any atom is -0.497 e. The number of aromatic nitrogens is 1. The summed E-state index contributed by atoms with van der Waals surface area (Å²) in [5.41, 5.74) is 2.08. The van der Waals surface area contributed by atoms with Gasteiger partial charge in [-0.1, -0.05) is 0 Å². The zero-order chi connectivity index (χ0) is 13.4. The smallest absolute Gasteiger partial charge is 0.241 e. The summed E-state index contributed by atoms with van der Waals surface area (Å²) in [5, 5.41) is 7.24. The number of rotatable bonds is 2. The number of nitrogens with one attached hydrogen (secondary N) is 2. The summed E-state index contributed by atoms with van der Waals surface area (Å²) >= 11 is 0. The third kappa shape index (κ3) is 1.96. The van der Waals surface area contributed by atoms with Crippen molar-refractivity contribution >= 4 is 16.8 Å². The maximum atomic E-state index is 12.0. The van der Waals surface area contributed by atoms with Crippen LogP contribution in [0.1, 0.15) is 11.6 Å². The predicted octanol–water partition coefficient (Wildman–Crippen LogP) is 0.947. The summed E-state index contributed by atoms with van der Waals surface area (Å²) in [6.45, 7) is 1.48. The van der Waals surface area contributed by atoms with E-state index in [9.17, 15) is 4.79 Å². The van der Waals surface area contributed by atoms with Crippen LogP contribution in [-0.4, -0.2) is 30.7 Å². The van der Waals surface area contributed by atoms with Crippen LogP contribution in [0.25, 0.3) is 10.9 Å². The van der Waals surface area contributed by atoms with Gasteiger partial charge in [0.05, 0.1) is 12.6 Å². The molecule has 1 aliphatic rings. The Morgan fingerprint density at radius 1 is 1.37 bits per heavy atom. The van der Waals surface area contributed by atoms with E-state index in [0.29, 0.717) is 6.54 Å². The number of ether oxygens (including phenoxy) is 1. The highest BCUT2D eigenvalue weighted by Crippen LogP contribution is 2.29. The molecule has 2 heterocycles. The first-order valence-corrected chi connectivity index (χ1v) is 6.35. The first-order chi connectivity index (χ1) is 9.20. The number of benzene rings is 1. The number of aryl methyl sites for hydroxylation is 1. The van der Waals surface area contributed by atoms with Gasteiger partial charge >= 0.3 is 0 Å². The molecule has 2 aromatic rings. The van der Waals surface area contributed by atoms with Gasteiger partial charge in [0.1, 0.15) is 11.8 Å². The molecule has 100 valence electrons. The number of nitrogens with zero attached hydrogens (tertiary/aromatic N) is 1. The Morgan fingerprint density at radius 2 is 2.21 bits per heavy atom. The van der Waals surface area contributed by atoms with Crippen molar-refractivity contribution in [3.63, 3.8) is 0 Å². The third-order valence-corrected chi connectivity index (χ3v) is 3.57. The predicted molar refractivity (Wildman–Crippen MR) is 73.2 cm³/mol. The van der Waals surface area contributed by atoms with Crippen molar-refractivity contribution in [2.24, 2.45) is 7.05 Å². The molecular formula is C14H17N3O2. The van der Waals surface area contributed by atoms with Crippen LogP contribution in [-0.2, 0) is 11.8 Å². The number of piperazine rings is 1. The van der Waals surface area contributed by atoms with Gasteiger partial charge in [-0.3, -0.25) is 4.79 Å². The van der Waals surface area contributed by atoms with E-state index in [1.807, 2.05) is 36.0 Å². The van der Waals surface area contributed by atoms with E-state index < -0.39 is 0 Å². The molecule has 0 bridgehead atoms. The lowest BCUT2D eigenvalue weighted by Gasteiger charge is -2.23. The second kappa shape index (κ2) is 4.59. The Hall–Kier alpha value is -2.01. The van der Waals surface area contributed by atoms with Gasteiger partial charge in [-0.2, -0.15) is 0 Å². The molecule has 0 aliphatic carbocycles. The molecule has 0 radical (unpaired) electrons. The van der Waals surface area contributed by atoms with Crippen LogP contribution in [0.2, 0.25) is 0 Å². The van der Waals surface area contributed by atoms with Gasteiger partial charge < -0.3 is 19.9 Å². The zero-order valence-corrected chi connectivity index (χ0v) is 11.1. The number of methoxy groups -OCH3 is 1. The van der Waals surface area contributed by atoms with Crippen LogP contribution >= 0.6 is 0 Å². The van der Waals surface area contributed by atoms with Crippen LogP contribution in [0.15, 0.2) is 24.4 Å². The molecule has 0 spiro atoms. The van der Waals surface area contributed by atoms with Crippen molar-refractivity contribution in [2.45, 2.75) is 6.04 Å². The van der Waals surface area contributed by atoms with E-state index in [2.05, 4.69) is 10.6 Å². The highest BCUT2D eigenvalue weighted by Gasteiger charge is 2.26. The molecule has 1 unspecified atom stereocenters. The summed E-state index contributed by atoms with van der Waals surface area (Å²) in [6, 6.07) is 5.64. The molecule has 1 aliphatic heterocycles. The molecule has 5 heteroatoms. The van der Waals surface area contributed by atoms with Gasteiger partial charge in [-0.05, 0) is 12.1 Å². The summed E-state index contributed by atoms with van der Waals surface area (Å²) in [7, 11) is 3.63. The molecule has 1 saturated heterocycles. The van der Waals surface area contributed by atoms with Crippen molar-refractivity contribution < 1.29 is 9.53 Å². The SMILES string of the molecule is COc1ccc2c(C3NCCNC3=O)cn(C)c2c1. The van der Waals surface area contributed by atoms with Crippen molar-refractivity contribution in [1.29, 1.82) is 0 Å². The maximum absolute atomic E-state index is 12.0. The molecule has 1 atom stereocenters. The van der Waals surface area contributed by atoms with Crippen LogP contribution in [0.5, 0.6) is 5.75 Å². The van der Waals surface area contributed by atoms with E-state index in [0.717, 1.165) is 28.8 Å². The molecule has 19 heavy (non-hydrogen) atoms. The topological polar surface area (TPSA) is 55.3 Å². The largest absolute Gasteiger partial charge is 0.497 e. The molecule has 1 aromatic carbocycles. The fourth-order valence-electron chi connectivity index (χ4n) is 2.60. The standard InChI is InChI=1S/C14H17N3O2/c1-17-8-11(13-14(18)16-6-5-15-13)10-4-3-9(19-2)7-12(10)17/h3-4,7-8,13,15H,5-6H2,1-2H3,(H,16,18). The second-order valence-electron chi connectivity index (χ2n) is 4.76. The van der Waals surface area contributed by atoms with Gasteiger partial charge in [0.25, 0.3) is 0 Å². The first-order valence-electron chi connectivity index (χ1n) is 6.35. The average Bonchev–Trinajstić information content (AvgIpc) is 2.76. The Morgan fingerprint density at radius 3 is 2.95 bits per heavy atom. The second-order valence-corrected chi connectivity index (χ2v) is 4.76. The summed E-state index contributed by atoms with van der Waals surface area (Å²) in [6.07, 6.45) is 2.01. The molecule has 1 fully saturated rings. The summed E-state index contributed by atoms with van der Waals surface area (Å²) in [5.74, 6) is 0.857. The third-order valence-electron chi connectivity index (χ3n) is 3.57. The van der Waals surface area contributed by atoms with Crippen LogP contribution in [0, 0.1) is 0 Å². The minimum atomic E-state index is -0.272. The van der Waals surface area contributed by atoms with Crippen LogP contribution < -0.4 is 15.4 Å². The van der Waals surface area contributed by atoms with Gasteiger partial charge in [0, 0.05) is 43.4 Å². The van der Waals surface area contributed by atoms with Gasteiger partial charge in [0.2, 0.25) is 5.91 Å². The molecule has 1 amide bonds. The normalized spacial score (nSPS) is 19.5. The quantitative estimate of drug-likeness (QED) is 0.844. The molecule has 5 nitrogen and oxygen atoms in total. The Bertz CT molecular complexity index is 633. The fraction of sp³-hybridized carbons (Fsp3) is 0.357. The Balaban J connectivity index is 2.11. The Labute approximate surface area is 111 Å². The van der Waals surface area contributed by atoms with E-state index in [1.165, 1.54) is 0 Å². The van der Waals surface area contributed by atoms with Crippen molar-refractivity contribution in [3.05, 3.63) is 30.0 Å². The number of fused-ring (bicyclic) bond motifs is 1. The molecule has 3 rings (SSSR count). The lowest BCUT2D eigenvalue weighted by molar-refractivity contribution is -0.124. The van der Waals surface area contributed by atoms with Crippen LogP contribution in [0.3, 0.4) is 0 Å². The number of carbonyl (C=O) groups excluding carboxylic acids is 1. The molecule has 1 aromatic heterocycles. The maximum Gasteiger partial charge on any atom is 0.241 e. The highest BCUT2D eigenvalue weighted by atomic mass is 16.5. The number of hydrogen-bond acceptors (Lipinski definition) is 3. The van der Waals surface area contributed by atoms with Gasteiger partial charge in [0.15, 0.2) is 0 Å². The van der Waals surface area contributed by atoms with Crippen molar-refractivity contribution in [1.82, 2.24) is 15.2 Å². The summed E-state index contributed by atoms with van der Waals surface area (Å²) in [4.78, 5) is 12.0. The minimum absolute atomic E-state index is 0.0366. The first kappa shape index (κ1) is 12.0. The molecule has 0 saturated carbocycles. The zero-order valence-electron chi connectivity index (χ0n) is 11.1. The number of hydrogen-bond donors (Lipinski definition) is 2. The highest BCUT2D eigenvalue weighted by molar-refractivity contribution is 5.93. The summed E-state index contributed by atoms with van der Waals surface area (Å²) < 4.78 is 7.27. The van der Waals surface area contributed by atoms with E-state index >= 15 is 0 Å². The van der Waals surface area contributed by atoms with Crippen LogP contribution in [0.4, 0.5) is 0 Å². The van der Waals surface area contributed by atoms with E-state index in [4.69, 9.17) is 4.74 Å². The number of amides is 1. The number of carbonyl (C=O) groups is 1. The lowest BCUT2D eigenvalue weighted by atomic mass is 10.0. The average molecular weight is 259 g/mol. The molecular weight excluding hydrogens is 242 g/mol. The lowest BCUT2D eigenvalue weighted by Crippen LogP contribution is -2.47.